The number of hydrogen-bond acceptors (Lipinski definition) is 3. The van der Waals surface area contributed by atoms with E-state index in [2.05, 4.69) is 9.81 Å². The van der Waals surface area contributed by atoms with Crippen LogP contribution in [0, 0.1) is 0 Å². The van der Waals surface area contributed by atoms with Gasteiger partial charge in [-0.3, -0.25) is 4.79 Å². The summed E-state index contributed by atoms with van der Waals surface area (Å²) < 4.78 is 5.56. The van der Waals surface area contributed by atoms with Crippen molar-refractivity contribution in [2.24, 2.45) is 7.05 Å². The lowest BCUT2D eigenvalue weighted by Crippen LogP contribution is -2.27. The van der Waals surface area contributed by atoms with Crippen LogP contribution in [0.1, 0.15) is 6.92 Å². The van der Waals surface area contributed by atoms with Crippen molar-refractivity contribution in [1.82, 2.24) is 4.49 Å². The second-order valence-corrected chi connectivity index (χ2v) is 2.71. The Labute approximate surface area is 62.6 Å². The molecule has 0 saturated heterocycles. The molecule has 1 aromatic rings. The molecule has 5 heteroatoms. The highest BCUT2D eigenvalue weighted by Crippen LogP contribution is 2.06. The summed E-state index contributed by atoms with van der Waals surface area (Å²) in [5.41, 5.74) is 0. The first-order valence-electron chi connectivity index (χ1n) is 2.78. The van der Waals surface area contributed by atoms with Crippen LogP contribution in [-0.2, 0) is 11.8 Å². The van der Waals surface area contributed by atoms with E-state index in [1.807, 2.05) is 7.05 Å². The van der Waals surface area contributed by atoms with Gasteiger partial charge in [-0.25, -0.2) is 0 Å². The molecule has 0 saturated carbocycles. The average molecular weight is 158 g/mol. The van der Waals surface area contributed by atoms with Gasteiger partial charge in [-0.2, -0.15) is 0 Å². The predicted octanol–water partition coefficient (Wildman–Crippen LogP) is -0.0740. The molecule has 0 atom stereocenters. The van der Waals surface area contributed by atoms with Crippen LogP contribution < -0.4 is 10.00 Å². The standard InChI is InChI=1S/C5H7N3OS/c1-4(9)6-5-3-8(2)7-10-5/h3H,1-2H3/p+1. The first-order valence-corrected chi connectivity index (χ1v) is 3.56. The van der Waals surface area contributed by atoms with E-state index < -0.39 is 0 Å². The minimum absolute atomic E-state index is 0.0655. The molecule has 0 bridgehead atoms. The molecule has 0 spiro atoms. The van der Waals surface area contributed by atoms with Crippen molar-refractivity contribution in [1.29, 1.82) is 0 Å². The summed E-state index contributed by atoms with van der Waals surface area (Å²) in [5, 5.41) is 3.40. The number of amides is 1. The highest BCUT2D eigenvalue weighted by Gasteiger charge is 2.04. The Morgan fingerprint density at radius 1 is 1.90 bits per heavy atom. The highest BCUT2D eigenvalue weighted by molar-refractivity contribution is 7.09. The number of carbonyl (C=O) groups excluding carboxylic acids is 1. The fraction of sp³-hybridized carbons (Fsp3) is 0.400. The summed E-state index contributed by atoms with van der Waals surface area (Å²) in [6, 6.07) is 0. The van der Waals surface area contributed by atoms with Gasteiger partial charge in [-0.1, -0.05) is 4.68 Å². The van der Waals surface area contributed by atoms with E-state index in [0.717, 1.165) is 5.00 Å². The quantitative estimate of drug-likeness (QED) is 0.581. The molecule has 1 aromatic heterocycles. The molecular formula is C5H8N3OS+. The van der Waals surface area contributed by atoms with Gasteiger partial charge in [0.1, 0.15) is 0 Å². The number of rotatable bonds is 1. The second-order valence-electron chi connectivity index (χ2n) is 1.92. The van der Waals surface area contributed by atoms with Gasteiger partial charge in [0.05, 0.1) is 16.0 Å². The maximum absolute atomic E-state index is 10.5. The molecule has 1 amide bonds. The third-order valence-corrected chi connectivity index (χ3v) is 1.61. The Kier molecular flexibility index (Phi) is 1.96. The summed E-state index contributed by atoms with van der Waals surface area (Å²) in [6.45, 7) is 1.47. The smallest absolute Gasteiger partial charge is 0.232 e. The van der Waals surface area contributed by atoms with Crippen molar-refractivity contribution in [3.05, 3.63) is 6.20 Å². The van der Waals surface area contributed by atoms with Crippen molar-refractivity contribution in [2.45, 2.75) is 6.92 Å². The van der Waals surface area contributed by atoms with E-state index in [1.54, 1.807) is 10.9 Å². The monoisotopic (exact) mass is 158 g/mol. The van der Waals surface area contributed by atoms with Crippen molar-refractivity contribution in [3.63, 3.8) is 0 Å². The zero-order valence-corrected chi connectivity index (χ0v) is 6.60. The number of nitrogens with zero attached hydrogens (tertiary/aromatic N) is 2. The molecule has 1 N–H and O–H groups in total. The normalized spacial score (nSPS) is 9.40. The number of aromatic nitrogens is 2. The first-order chi connectivity index (χ1) is 4.68. The van der Waals surface area contributed by atoms with Crippen LogP contribution in [0.5, 0.6) is 0 Å². The van der Waals surface area contributed by atoms with Crippen molar-refractivity contribution in [3.8, 4) is 0 Å². The SMILES string of the molecule is CC(=O)Nc1c[n+](C)ns1. The van der Waals surface area contributed by atoms with E-state index in [9.17, 15) is 4.79 Å². The van der Waals surface area contributed by atoms with Gasteiger partial charge in [0.15, 0.2) is 12.0 Å². The van der Waals surface area contributed by atoms with Crippen molar-refractivity contribution >= 4 is 22.4 Å². The number of anilines is 1. The first kappa shape index (κ1) is 7.14. The molecule has 1 heterocycles. The Bertz CT molecular complexity index is 245. The van der Waals surface area contributed by atoms with Crippen LogP contribution in [0.3, 0.4) is 0 Å². The summed E-state index contributed by atoms with van der Waals surface area (Å²) in [7, 11) is 1.81. The van der Waals surface area contributed by atoms with E-state index in [0.29, 0.717) is 0 Å². The largest absolute Gasteiger partial charge is 0.312 e. The highest BCUT2D eigenvalue weighted by atomic mass is 32.1. The summed E-state index contributed by atoms with van der Waals surface area (Å²) in [5.74, 6) is -0.0655. The third kappa shape index (κ3) is 1.77. The fourth-order valence-corrected chi connectivity index (χ4v) is 1.21. The molecule has 0 unspecified atom stereocenters. The zero-order valence-electron chi connectivity index (χ0n) is 5.79. The molecular weight excluding hydrogens is 150 g/mol. The minimum atomic E-state index is -0.0655. The van der Waals surface area contributed by atoms with Crippen LogP contribution >= 0.6 is 11.5 Å². The zero-order chi connectivity index (χ0) is 7.56. The lowest BCUT2D eigenvalue weighted by Gasteiger charge is -1.88. The lowest BCUT2D eigenvalue weighted by molar-refractivity contribution is -0.722. The maximum Gasteiger partial charge on any atom is 0.232 e. The molecule has 54 valence electrons. The van der Waals surface area contributed by atoms with Gasteiger partial charge in [-0.15, -0.1) is 0 Å². The molecule has 0 aromatic carbocycles. The predicted molar refractivity (Wildman–Crippen MR) is 37.6 cm³/mol. The number of hydrogen-bond donors (Lipinski definition) is 1. The van der Waals surface area contributed by atoms with Crippen molar-refractivity contribution < 1.29 is 9.48 Å². The van der Waals surface area contributed by atoms with Crippen LogP contribution in [0.15, 0.2) is 6.20 Å². The molecule has 10 heavy (non-hydrogen) atoms. The molecule has 0 fully saturated rings. The fourth-order valence-electron chi connectivity index (χ4n) is 0.554. The van der Waals surface area contributed by atoms with Crippen LogP contribution in [0.2, 0.25) is 0 Å². The van der Waals surface area contributed by atoms with Crippen LogP contribution in [0.25, 0.3) is 0 Å². The van der Waals surface area contributed by atoms with Gasteiger partial charge in [0.25, 0.3) is 0 Å². The van der Waals surface area contributed by atoms with Crippen LogP contribution in [0.4, 0.5) is 5.00 Å². The Balaban J connectivity index is 2.67. The number of nitrogens with one attached hydrogen (secondary N) is 1. The average Bonchev–Trinajstić information content (AvgIpc) is 2.13. The Morgan fingerprint density at radius 3 is 3.00 bits per heavy atom. The molecule has 0 radical (unpaired) electrons. The van der Waals surface area contributed by atoms with Gasteiger partial charge < -0.3 is 5.32 Å². The van der Waals surface area contributed by atoms with E-state index in [1.165, 1.54) is 18.5 Å². The van der Waals surface area contributed by atoms with Crippen molar-refractivity contribution in [2.75, 3.05) is 5.32 Å². The second kappa shape index (κ2) is 2.74. The summed E-state index contributed by atoms with van der Waals surface area (Å²) >= 11 is 1.26. The molecule has 4 nitrogen and oxygen atoms in total. The molecule has 0 aliphatic heterocycles. The van der Waals surface area contributed by atoms with E-state index in [-0.39, 0.29) is 5.91 Å². The topological polar surface area (TPSA) is 45.9 Å². The number of carbonyl (C=O) groups is 1. The minimum Gasteiger partial charge on any atom is -0.312 e. The summed E-state index contributed by atoms with van der Waals surface area (Å²) in [4.78, 5) is 10.5. The lowest BCUT2D eigenvalue weighted by atomic mass is 10.7. The number of aryl methyl sites for hydroxylation is 1. The Morgan fingerprint density at radius 2 is 2.60 bits per heavy atom. The van der Waals surface area contributed by atoms with Gasteiger partial charge in [0, 0.05) is 6.92 Å². The summed E-state index contributed by atoms with van der Waals surface area (Å²) in [6.07, 6.45) is 1.76. The Hall–Kier alpha value is -0.970. The van der Waals surface area contributed by atoms with Crippen LogP contribution in [-0.4, -0.2) is 10.4 Å². The van der Waals surface area contributed by atoms with Gasteiger partial charge >= 0.3 is 0 Å². The molecule has 0 aliphatic rings. The van der Waals surface area contributed by atoms with E-state index in [4.69, 9.17) is 0 Å². The van der Waals surface area contributed by atoms with E-state index >= 15 is 0 Å². The molecule has 1 rings (SSSR count). The third-order valence-electron chi connectivity index (χ3n) is 0.871. The molecule has 0 aliphatic carbocycles. The van der Waals surface area contributed by atoms with Gasteiger partial charge in [0.2, 0.25) is 12.1 Å². The maximum atomic E-state index is 10.5. The van der Waals surface area contributed by atoms with Gasteiger partial charge in [-0.05, 0) is 0 Å².